The first-order valence-corrected chi connectivity index (χ1v) is 6.67. The molecule has 106 valence electrons. The molecular weight excluding hydrogens is 333 g/mol. The van der Waals surface area contributed by atoms with Gasteiger partial charge >= 0.3 is 6.18 Å². The molecule has 0 saturated heterocycles. The zero-order valence-corrected chi connectivity index (χ0v) is 12.2. The SMILES string of the molecule is CNC(c1cccc(C(F)(F)F)c1)c1ncccc1Br. The Kier molecular flexibility index (Phi) is 4.45. The Bertz CT molecular complexity index is 599. The molecule has 0 aliphatic rings. The van der Waals surface area contributed by atoms with E-state index in [2.05, 4.69) is 26.2 Å². The van der Waals surface area contributed by atoms with Crippen molar-refractivity contribution in [1.82, 2.24) is 10.3 Å². The molecule has 0 spiro atoms. The van der Waals surface area contributed by atoms with Crippen molar-refractivity contribution < 1.29 is 13.2 Å². The van der Waals surface area contributed by atoms with Crippen LogP contribution in [0.1, 0.15) is 22.9 Å². The highest BCUT2D eigenvalue weighted by atomic mass is 79.9. The minimum atomic E-state index is -4.35. The van der Waals surface area contributed by atoms with Crippen molar-refractivity contribution in [3.05, 3.63) is 63.9 Å². The van der Waals surface area contributed by atoms with Gasteiger partial charge in [-0.15, -0.1) is 0 Å². The molecule has 0 aliphatic heterocycles. The van der Waals surface area contributed by atoms with Crippen LogP contribution in [0.5, 0.6) is 0 Å². The van der Waals surface area contributed by atoms with Crippen LogP contribution in [0.25, 0.3) is 0 Å². The molecule has 1 aromatic heterocycles. The molecule has 2 nitrogen and oxygen atoms in total. The van der Waals surface area contributed by atoms with E-state index in [-0.39, 0.29) is 0 Å². The van der Waals surface area contributed by atoms with Crippen molar-refractivity contribution in [3.8, 4) is 0 Å². The summed E-state index contributed by atoms with van der Waals surface area (Å²) in [6.45, 7) is 0. The second-order valence-electron chi connectivity index (χ2n) is 4.22. The monoisotopic (exact) mass is 344 g/mol. The first-order valence-electron chi connectivity index (χ1n) is 5.88. The maximum Gasteiger partial charge on any atom is 0.416 e. The summed E-state index contributed by atoms with van der Waals surface area (Å²) < 4.78 is 39.1. The van der Waals surface area contributed by atoms with Gasteiger partial charge in [-0.05, 0) is 52.8 Å². The Labute approximate surface area is 123 Å². The van der Waals surface area contributed by atoms with E-state index in [1.165, 1.54) is 6.07 Å². The van der Waals surface area contributed by atoms with Gasteiger partial charge in [-0.3, -0.25) is 4.98 Å². The van der Waals surface area contributed by atoms with Gasteiger partial charge in [-0.25, -0.2) is 0 Å². The number of rotatable bonds is 3. The van der Waals surface area contributed by atoms with Gasteiger partial charge in [0.05, 0.1) is 17.3 Å². The topological polar surface area (TPSA) is 24.9 Å². The van der Waals surface area contributed by atoms with Crippen molar-refractivity contribution in [1.29, 1.82) is 0 Å². The van der Waals surface area contributed by atoms with Crippen LogP contribution in [0.2, 0.25) is 0 Å². The highest BCUT2D eigenvalue weighted by Gasteiger charge is 2.31. The molecule has 0 radical (unpaired) electrons. The van der Waals surface area contributed by atoms with E-state index in [1.807, 2.05) is 0 Å². The number of alkyl halides is 3. The molecule has 0 fully saturated rings. The summed E-state index contributed by atoms with van der Waals surface area (Å²) in [4.78, 5) is 4.23. The van der Waals surface area contributed by atoms with Crippen LogP contribution < -0.4 is 5.32 Å². The Morgan fingerprint density at radius 2 is 1.95 bits per heavy atom. The summed E-state index contributed by atoms with van der Waals surface area (Å²) in [6, 6.07) is 8.41. The van der Waals surface area contributed by atoms with E-state index in [1.54, 1.807) is 31.4 Å². The van der Waals surface area contributed by atoms with Gasteiger partial charge < -0.3 is 5.32 Å². The molecular formula is C14H12BrF3N2. The molecule has 0 bridgehead atoms. The molecule has 6 heteroatoms. The molecule has 2 rings (SSSR count). The number of pyridine rings is 1. The lowest BCUT2D eigenvalue weighted by Crippen LogP contribution is -2.20. The summed E-state index contributed by atoms with van der Waals surface area (Å²) in [5, 5.41) is 2.99. The number of nitrogens with zero attached hydrogens (tertiary/aromatic N) is 1. The number of halogens is 4. The lowest BCUT2D eigenvalue weighted by molar-refractivity contribution is -0.137. The van der Waals surface area contributed by atoms with Crippen LogP contribution in [-0.4, -0.2) is 12.0 Å². The molecule has 0 saturated carbocycles. The molecule has 1 unspecified atom stereocenters. The zero-order chi connectivity index (χ0) is 14.8. The number of hydrogen-bond donors (Lipinski definition) is 1. The standard InChI is InChI=1S/C14H12BrF3N2/c1-19-12(13-11(15)6-3-7-20-13)9-4-2-5-10(8-9)14(16,17)18/h2-8,12,19H,1H3. The summed E-state index contributed by atoms with van der Waals surface area (Å²) in [5.41, 5.74) is 0.498. The number of hydrogen-bond acceptors (Lipinski definition) is 2. The zero-order valence-electron chi connectivity index (χ0n) is 10.6. The van der Waals surface area contributed by atoms with Crippen LogP contribution in [-0.2, 0) is 6.18 Å². The Hall–Kier alpha value is -1.40. The van der Waals surface area contributed by atoms with Crippen LogP contribution >= 0.6 is 15.9 Å². The largest absolute Gasteiger partial charge is 0.416 e. The molecule has 0 amide bonds. The molecule has 1 N–H and O–H groups in total. The normalized spacial score (nSPS) is 13.2. The van der Waals surface area contributed by atoms with Crippen LogP contribution in [0.15, 0.2) is 47.1 Å². The fraction of sp³-hybridized carbons (Fsp3) is 0.214. The maximum atomic E-state index is 12.8. The van der Waals surface area contributed by atoms with Gasteiger partial charge in [0.25, 0.3) is 0 Å². The minimum Gasteiger partial charge on any atom is -0.308 e. The van der Waals surface area contributed by atoms with Gasteiger partial charge in [-0.2, -0.15) is 13.2 Å². The maximum absolute atomic E-state index is 12.8. The van der Waals surface area contributed by atoms with Crippen LogP contribution in [0.4, 0.5) is 13.2 Å². The average Bonchev–Trinajstić information content (AvgIpc) is 2.41. The van der Waals surface area contributed by atoms with Crippen molar-refractivity contribution in [2.24, 2.45) is 0 Å². The molecule has 1 aromatic carbocycles. The van der Waals surface area contributed by atoms with Crippen molar-refractivity contribution >= 4 is 15.9 Å². The molecule has 20 heavy (non-hydrogen) atoms. The van der Waals surface area contributed by atoms with Crippen molar-refractivity contribution in [2.75, 3.05) is 7.05 Å². The average molecular weight is 345 g/mol. The van der Waals surface area contributed by atoms with E-state index >= 15 is 0 Å². The predicted molar refractivity (Wildman–Crippen MR) is 74.3 cm³/mol. The smallest absolute Gasteiger partial charge is 0.308 e. The van der Waals surface area contributed by atoms with Crippen molar-refractivity contribution in [3.63, 3.8) is 0 Å². The van der Waals surface area contributed by atoms with Crippen LogP contribution in [0.3, 0.4) is 0 Å². The molecule has 1 atom stereocenters. The van der Waals surface area contributed by atoms with Crippen molar-refractivity contribution in [2.45, 2.75) is 12.2 Å². The lowest BCUT2D eigenvalue weighted by atomic mass is 10.0. The predicted octanol–water partition coefficient (Wildman–Crippen LogP) is 4.17. The van der Waals surface area contributed by atoms with E-state index < -0.39 is 17.8 Å². The highest BCUT2D eigenvalue weighted by Crippen LogP contribution is 2.33. The van der Waals surface area contributed by atoms with E-state index in [0.29, 0.717) is 11.3 Å². The fourth-order valence-electron chi connectivity index (χ4n) is 1.97. The quantitative estimate of drug-likeness (QED) is 0.903. The molecule has 2 aromatic rings. The number of nitrogens with one attached hydrogen (secondary N) is 1. The third kappa shape index (κ3) is 3.19. The molecule has 1 heterocycles. The summed E-state index contributed by atoms with van der Waals surface area (Å²) in [6.07, 6.45) is -2.74. The van der Waals surface area contributed by atoms with Gasteiger partial charge in [0.1, 0.15) is 0 Å². The number of benzene rings is 1. The molecule has 0 aliphatic carbocycles. The lowest BCUT2D eigenvalue weighted by Gasteiger charge is -2.18. The highest BCUT2D eigenvalue weighted by molar-refractivity contribution is 9.10. The third-order valence-electron chi connectivity index (χ3n) is 2.90. The fourth-order valence-corrected chi connectivity index (χ4v) is 2.45. The third-order valence-corrected chi connectivity index (χ3v) is 3.57. The van der Waals surface area contributed by atoms with E-state index in [4.69, 9.17) is 0 Å². The van der Waals surface area contributed by atoms with Gasteiger partial charge in [0.15, 0.2) is 0 Å². The van der Waals surface area contributed by atoms with Gasteiger partial charge in [-0.1, -0.05) is 12.1 Å². The van der Waals surface area contributed by atoms with Gasteiger partial charge in [0.2, 0.25) is 0 Å². The second kappa shape index (κ2) is 5.93. The van der Waals surface area contributed by atoms with E-state index in [9.17, 15) is 13.2 Å². The first-order chi connectivity index (χ1) is 9.43. The van der Waals surface area contributed by atoms with E-state index in [0.717, 1.165) is 16.6 Å². The summed E-state index contributed by atoms with van der Waals surface area (Å²) >= 11 is 3.37. The van der Waals surface area contributed by atoms with Crippen LogP contribution in [0, 0.1) is 0 Å². The minimum absolute atomic E-state index is 0.409. The Morgan fingerprint density at radius 1 is 1.20 bits per heavy atom. The first kappa shape index (κ1) is 15.0. The number of aromatic nitrogens is 1. The Balaban J connectivity index is 2.46. The summed E-state index contributed by atoms with van der Waals surface area (Å²) in [7, 11) is 1.69. The Morgan fingerprint density at radius 3 is 2.55 bits per heavy atom. The second-order valence-corrected chi connectivity index (χ2v) is 5.07. The van der Waals surface area contributed by atoms with Gasteiger partial charge in [0, 0.05) is 10.7 Å². The summed E-state index contributed by atoms with van der Waals surface area (Å²) in [5.74, 6) is 0.